The molecule has 0 atom stereocenters. The lowest BCUT2D eigenvalue weighted by molar-refractivity contribution is 0.0825. The predicted molar refractivity (Wildman–Crippen MR) is 44.3 cm³/mol. The number of nitriles is 1. The summed E-state index contributed by atoms with van der Waals surface area (Å²) in [5.41, 5.74) is -0.820. The third-order valence-corrected chi connectivity index (χ3v) is 2.62. The average molecular weight is 167 g/mol. The molecule has 0 aliphatic carbocycles. The monoisotopic (exact) mass is 167 g/mol. The van der Waals surface area contributed by atoms with Gasteiger partial charge in [0.15, 0.2) is 0 Å². The van der Waals surface area contributed by atoms with Gasteiger partial charge < -0.3 is 5.11 Å². The molecule has 58 valence electrons. The Balaban J connectivity index is 3.01. The molecule has 0 aliphatic rings. The van der Waals surface area contributed by atoms with Gasteiger partial charge in [-0.15, -0.1) is 11.3 Å². The van der Waals surface area contributed by atoms with Crippen molar-refractivity contribution in [1.82, 2.24) is 0 Å². The van der Waals surface area contributed by atoms with Gasteiger partial charge >= 0.3 is 0 Å². The fourth-order valence-corrected chi connectivity index (χ4v) is 1.53. The van der Waals surface area contributed by atoms with Crippen molar-refractivity contribution in [2.24, 2.45) is 0 Å². The molecule has 3 heteroatoms. The number of hydrogen-bond donors (Lipinski definition) is 1. The second-order valence-corrected chi connectivity index (χ2v) is 3.92. The van der Waals surface area contributed by atoms with Crippen molar-refractivity contribution in [3.63, 3.8) is 0 Å². The first-order valence-corrected chi connectivity index (χ1v) is 4.08. The summed E-state index contributed by atoms with van der Waals surface area (Å²) in [6, 6.07) is 5.53. The highest BCUT2D eigenvalue weighted by Gasteiger charge is 2.17. The highest BCUT2D eigenvalue weighted by Crippen LogP contribution is 2.26. The largest absolute Gasteiger partial charge is 0.385 e. The Kier molecular flexibility index (Phi) is 1.99. The third-order valence-electron chi connectivity index (χ3n) is 1.32. The minimum Gasteiger partial charge on any atom is -0.385 e. The van der Waals surface area contributed by atoms with Gasteiger partial charge in [0.25, 0.3) is 0 Å². The minimum absolute atomic E-state index is 0.641. The second kappa shape index (κ2) is 2.65. The van der Waals surface area contributed by atoms with E-state index in [-0.39, 0.29) is 0 Å². The van der Waals surface area contributed by atoms with Crippen LogP contribution in [0.15, 0.2) is 12.1 Å². The molecule has 0 saturated carbocycles. The number of nitrogens with zero attached hydrogens (tertiary/aromatic N) is 1. The third kappa shape index (κ3) is 1.79. The molecule has 0 radical (unpaired) electrons. The molecule has 1 N–H and O–H groups in total. The van der Waals surface area contributed by atoms with Crippen molar-refractivity contribution in [3.05, 3.63) is 21.9 Å². The topological polar surface area (TPSA) is 44.0 Å². The van der Waals surface area contributed by atoms with Gasteiger partial charge in [0.05, 0.1) is 5.60 Å². The molecule has 1 rings (SSSR count). The first-order valence-electron chi connectivity index (χ1n) is 3.27. The summed E-state index contributed by atoms with van der Waals surface area (Å²) in [7, 11) is 0. The van der Waals surface area contributed by atoms with E-state index in [9.17, 15) is 5.11 Å². The maximum absolute atomic E-state index is 9.50. The lowest BCUT2D eigenvalue weighted by Crippen LogP contribution is -2.12. The summed E-state index contributed by atoms with van der Waals surface area (Å²) >= 11 is 1.33. The van der Waals surface area contributed by atoms with E-state index < -0.39 is 5.60 Å². The van der Waals surface area contributed by atoms with Gasteiger partial charge in [0, 0.05) is 4.88 Å². The van der Waals surface area contributed by atoms with Crippen LogP contribution in [0.4, 0.5) is 0 Å². The summed E-state index contributed by atoms with van der Waals surface area (Å²) in [6.45, 7) is 3.42. The van der Waals surface area contributed by atoms with Gasteiger partial charge in [-0.1, -0.05) is 0 Å². The van der Waals surface area contributed by atoms with Crippen LogP contribution < -0.4 is 0 Å². The zero-order chi connectivity index (χ0) is 8.48. The smallest absolute Gasteiger partial charge is 0.110 e. The maximum Gasteiger partial charge on any atom is 0.110 e. The highest BCUT2D eigenvalue weighted by molar-refractivity contribution is 7.12. The summed E-state index contributed by atoms with van der Waals surface area (Å²) < 4.78 is 0. The Hall–Kier alpha value is -0.850. The summed E-state index contributed by atoms with van der Waals surface area (Å²) in [6.07, 6.45) is 0. The lowest BCUT2D eigenvalue weighted by atomic mass is 10.1. The molecule has 11 heavy (non-hydrogen) atoms. The zero-order valence-corrected chi connectivity index (χ0v) is 7.27. The van der Waals surface area contributed by atoms with Gasteiger partial charge in [0.1, 0.15) is 10.9 Å². The van der Waals surface area contributed by atoms with Crippen LogP contribution in [0.5, 0.6) is 0 Å². The van der Waals surface area contributed by atoms with Crippen LogP contribution >= 0.6 is 11.3 Å². The van der Waals surface area contributed by atoms with E-state index in [4.69, 9.17) is 5.26 Å². The maximum atomic E-state index is 9.50. The van der Waals surface area contributed by atoms with Crippen molar-refractivity contribution in [1.29, 1.82) is 5.26 Å². The van der Waals surface area contributed by atoms with Gasteiger partial charge in [0.2, 0.25) is 0 Å². The Morgan fingerprint density at radius 2 is 2.18 bits per heavy atom. The van der Waals surface area contributed by atoms with Crippen molar-refractivity contribution >= 4 is 11.3 Å². The van der Waals surface area contributed by atoms with E-state index in [1.54, 1.807) is 26.0 Å². The Bertz CT molecular complexity index is 290. The molecule has 1 aromatic heterocycles. The zero-order valence-electron chi connectivity index (χ0n) is 6.46. The second-order valence-electron chi connectivity index (χ2n) is 2.83. The Labute approximate surface area is 69.7 Å². The summed E-state index contributed by atoms with van der Waals surface area (Å²) in [5, 5.41) is 18.0. The predicted octanol–water partition coefficient (Wildman–Crippen LogP) is 1.85. The SMILES string of the molecule is CC(C)(O)c1ccc(C#N)s1. The molecule has 1 aromatic rings. The highest BCUT2D eigenvalue weighted by atomic mass is 32.1. The van der Waals surface area contributed by atoms with Crippen molar-refractivity contribution in [3.8, 4) is 6.07 Å². The van der Waals surface area contributed by atoms with Crippen LogP contribution in [-0.2, 0) is 5.60 Å². The van der Waals surface area contributed by atoms with Gasteiger partial charge in [-0.3, -0.25) is 0 Å². The minimum atomic E-state index is -0.820. The average Bonchev–Trinajstić information content (AvgIpc) is 2.32. The number of hydrogen-bond acceptors (Lipinski definition) is 3. The van der Waals surface area contributed by atoms with Crippen molar-refractivity contribution in [2.45, 2.75) is 19.4 Å². The summed E-state index contributed by atoms with van der Waals surface area (Å²) in [4.78, 5) is 1.47. The van der Waals surface area contributed by atoms with E-state index in [1.165, 1.54) is 11.3 Å². The van der Waals surface area contributed by atoms with Crippen LogP contribution in [0, 0.1) is 11.3 Å². The Morgan fingerprint density at radius 1 is 1.55 bits per heavy atom. The molecule has 0 spiro atoms. The molecule has 2 nitrogen and oxygen atoms in total. The fourth-order valence-electron chi connectivity index (χ4n) is 0.727. The molecule has 0 bridgehead atoms. The van der Waals surface area contributed by atoms with Gasteiger partial charge in [-0.2, -0.15) is 5.26 Å². The van der Waals surface area contributed by atoms with Crippen LogP contribution in [0.3, 0.4) is 0 Å². The standard InChI is InChI=1S/C8H9NOS/c1-8(2,10)7-4-3-6(5-9)11-7/h3-4,10H,1-2H3. The van der Waals surface area contributed by atoms with Gasteiger partial charge in [-0.05, 0) is 26.0 Å². The van der Waals surface area contributed by atoms with Crippen LogP contribution in [0.2, 0.25) is 0 Å². The molecule has 0 amide bonds. The molecule has 0 fully saturated rings. The first kappa shape index (κ1) is 8.25. The van der Waals surface area contributed by atoms with Crippen molar-refractivity contribution in [2.75, 3.05) is 0 Å². The van der Waals surface area contributed by atoms with Crippen LogP contribution in [0.25, 0.3) is 0 Å². The van der Waals surface area contributed by atoms with Crippen molar-refractivity contribution < 1.29 is 5.11 Å². The van der Waals surface area contributed by atoms with E-state index in [0.717, 1.165) is 4.88 Å². The van der Waals surface area contributed by atoms with E-state index in [1.807, 2.05) is 6.07 Å². The molecule has 0 saturated heterocycles. The lowest BCUT2D eigenvalue weighted by Gasteiger charge is -2.13. The molecule has 0 unspecified atom stereocenters. The fraction of sp³-hybridized carbons (Fsp3) is 0.375. The Morgan fingerprint density at radius 3 is 2.45 bits per heavy atom. The number of thiophene rings is 1. The molecule has 1 heterocycles. The number of aliphatic hydroxyl groups is 1. The molecular formula is C8H9NOS. The van der Waals surface area contributed by atoms with E-state index in [2.05, 4.69) is 0 Å². The molecule has 0 aromatic carbocycles. The van der Waals surface area contributed by atoms with Crippen LogP contribution in [-0.4, -0.2) is 5.11 Å². The number of rotatable bonds is 1. The molecular weight excluding hydrogens is 158 g/mol. The van der Waals surface area contributed by atoms with E-state index in [0.29, 0.717) is 4.88 Å². The van der Waals surface area contributed by atoms with Gasteiger partial charge in [-0.25, -0.2) is 0 Å². The quantitative estimate of drug-likeness (QED) is 0.693. The molecule has 0 aliphatic heterocycles. The van der Waals surface area contributed by atoms with E-state index >= 15 is 0 Å². The summed E-state index contributed by atoms with van der Waals surface area (Å²) in [5.74, 6) is 0. The first-order chi connectivity index (χ1) is 5.04. The van der Waals surface area contributed by atoms with Crippen LogP contribution in [0.1, 0.15) is 23.6 Å². The normalized spacial score (nSPS) is 11.1.